The number of rotatable bonds is 1. The number of ether oxygens (including phenoxy) is 2. The molecule has 94 valence electrons. The average molecular weight is 242 g/mol. The molecule has 6 nitrogen and oxygen atoms in total. The van der Waals surface area contributed by atoms with E-state index in [2.05, 4.69) is 4.74 Å². The van der Waals surface area contributed by atoms with Gasteiger partial charge in [-0.2, -0.15) is 0 Å². The number of fused-ring (bicyclic) bond motifs is 1. The molecule has 0 aromatic rings. The summed E-state index contributed by atoms with van der Waals surface area (Å²) in [5.74, 6) is -1.32. The third-order valence-electron chi connectivity index (χ3n) is 3.28. The van der Waals surface area contributed by atoms with Crippen LogP contribution >= 0.6 is 0 Å². The first-order valence-electron chi connectivity index (χ1n) is 5.17. The molecule has 1 aliphatic heterocycles. The number of carbonyl (C=O) groups is 1. The quantitative estimate of drug-likeness (QED) is 0.565. The van der Waals surface area contributed by atoms with Crippen molar-refractivity contribution >= 4 is 5.97 Å². The van der Waals surface area contributed by atoms with Gasteiger partial charge in [0, 0.05) is 0 Å². The predicted molar refractivity (Wildman–Crippen MR) is 55.6 cm³/mol. The first-order valence-corrected chi connectivity index (χ1v) is 5.17. The zero-order valence-corrected chi connectivity index (χ0v) is 9.56. The summed E-state index contributed by atoms with van der Waals surface area (Å²) >= 11 is 0. The minimum atomic E-state index is -1.72. The van der Waals surface area contributed by atoms with Crippen LogP contribution in [-0.2, 0) is 14.3 Å². The Kier molecular flexibility index (Phi) is 2.44. The van der Waals surface area contributed by atoms with Crippen LogP contribution < -0.4 is 0 Å². The van der Waals surface area contributed by atoms with Crippen LogP contribution in [0.1, 0.15) is 19.8 Å². The lowest BCUT2D eigenvalue weighted by Gasteiger charge is -2.32. The number of hydrogen-bond acceptors (Lipinski definition) is 6. The molecule has 3 N–H and O–H groups in total. The van der Waals surface area contributed by atoms with Crippen molar-refractivity contribution < 1.29 is 29.6 Å². The topological polar surface area (TPSA) is 96.2 Å². The Hall–Kier alpha value is -1.53. The van der Waals surface area contributed by atoms with Crippen LogP contribution in [0.2, 0.25) is 0 Å². The Morgan fingerprint density at radius 2 is 2.12 bits per heavy atom. The Labute approximate surface area is 97.8 Å². The third kappa shape index (κ3) is 1.52. The SMILES string of the molecule is COC(=O)C1=COC(O)=C2C(C)(O)CCC12O. The van der Waals surface area contributed by atoms with Crippen molar-refractivity contribution in [2.24, 2.45) is 0 Å². The molecule has 1 fully saturated rings. The van der Waals surface area contributed by atoms with Gasteiger partial charge in [0.2, 0.25) is 0 Å². The fraction of sp³-hybridized carbons (Fsp3) is 0.545. The van der Waals surface area contributed by atoms with E-state index in [0.29, 0.717) is 0 Å². The summed E-state index contributed by atoms with van der Waals surface area (Å²) in [5.41, 5.74) is -3.34. The van der Waals surface area contributed by atoms with E-state index in [4.69, 9.17) is 4.74 Å². The summed E-state index contributed by atoms with van der Waals surface area (Å²) in [5, 5.41) is 30.1. The van der Waals surface area contributed by atoms with Crippen molar-refractivity contribution in [1.82, 2.24) is 0 Å². The summed E-state index contributed by atoms with van der Waals surface area (Å²) < 4.78 is 9.31. The smallest absolute Gasteiger partial charge is 0.340 e. The molecule has 0 aromatic carbocycles. The molecular weight excluding hydrogens is 228 g/mol. The van der Waals surface area contributed by atoms with Gasteiger partial charge in [0.05, 0.1) is 18.3 Å². The molecule has 0 bridgehead atoms. The standard InChI is InChI=1S/C11H14O6/c1-10(14)3-4-11(15)6(8(12)16-2)5-17-9(13)7(10)11/h5,13-15H,3-4H2,1-2H3. The van der Waals surface area contributed by atoms with E-state index in [1.165, 1.54) is 14.0 Å². The van der Waals surface area contributed by atoms with Gasteiger partial charge in [-0.1, -0.05) is 0 Å². The number of hydrogen-bond donors (Lipinski definition) is 3. The second-order valence-electron chi connectivity index (χ2n) is 4.46. The molecule has 6 heteroatoms. The van der Waals surface area contributed by atoms with Gasteiger partial charge in [-0.05, 0) is 19.8 Å². The van der Waals surface area contributed by atoms with Crippen molar-refractivity contribution in [1.29, 1.82) is 0 Å². The lowest BCUT2D eigenvalue weighted by atomic mass is 9.84. The maximum absolute atomic E-state index is 11.5. The zero-order chi connectivity index (χ0) is 12.8. The highest BCUT2D eigenvalue weighted by Gasteiger charge is 2.57. The van der Waals surface area contributed by atoms with Crippen LogP contribution in [-0.4, -0.2) is 39.6 Å². The van der Waals surface area contributed by atoms with Crippen LogP contribution in [0.4, 0.5) is 0 Å². The van der Waals surface area contributed by atoms with Gasteiger partial charge in [-0.3, -0.25) is 0 Å². The van der Waals surface area contributed by atoms with Crippen LogP contribution in [0, 0.1) is 0 Å². The molecule has 0 saturated heterocycles. The average Bonchev–Trinajstić information content (AvgIpc) is 2.50. The van der Waals surface area contributed by atoms with Crippen molar-refractivity contribution in [2.45, 2.75) is 31.0 Å². The number of carbonyl (C=O) groups excluding carboxylic acids is 1. The van der Waals surface area contributed by atoms with Gasteiger partial charge >= 0.3 is 5.97 Å². The van der Waals surface area contributed by atoms with Crippen molar-refractivity contribution in [3.8, 4) is 0 Å². The van der Waals surface area contributed by atoms with Gasteiger partial charge in [0.15, 0.2) is 0 Å². The van der Waals surface area contributed by atoms with Crippen LogP contribution in [0.5, 0.6) is 0 Å². The summed E-state index contributed by atoms with van der Waals surface area (Å²) in [4.78, 5) is 11.5. The Bertz CT molecular complexity index is 433. The zero-order valence-electron chi connectivity index (χ0n) is 9.56. The highest BCUT2D eigenvalue weighted by molar-refractivity contribution is 5.92. The lowest BCUT2D eigenvalue weighted by molar-refractivity contribution is -0.138. The molecule has 1 heterocycles. The van der Waals surface area contributed by atoms with Crippen molar-refractivity contribution in [2.75, 3.05) is 7.11 Å². The van der Waals surface area contributed by atoms with Gasteiger partial charge in [0.25, 0.3) is 5.95 Å². The number of methoxy groups -OCH3 is 1. The van der Waals surface area contributed by atoms with E-state index < -0.39 is 23.1 Å². The second-order valence-corrected chi connectivity index (χ2v) is 4.46. The molecule has 0 aromatic heterocycles. The van der Waals surface area contributed by atoms with E-state index in [1.807, 2.05) is 0 Å². The molecule has 1 saturated carbocycles. The monoisotopic (exact) mass is 242 g/mol. The Morgan fingerprint density at radius 3 is 2.71 bits per heavy atom. The third-order valence-corrected chi connectivity index (χ3v) is 3.28. The lowest BCUT2D eigenvalue weighted by Crippen LogP contribution is -2.41. The first kappa shape index (κ1) is 11.9. The van der Waals surface area contributed by atoms with Gasteiger partial charge in [0.1, 0.15) is 17.4 Å². The maximum Gasteiger partial charge on any atom is 0.340 e. The van der Waals surface area contributed by atoms with Gasteiger partial charge < -0.3 is 24.8 Å². The normalized spacial score (nSPS) is 36.1. The highest BCUT2D eigenvalue weighted by atomic mass is 16.6. The molecule has 2 atom stereocenters. The summed E-state index contributed by atoms with van der Waals surface area (Å²) in [7, 11) is 1.18. The Balaban J connectivity index is 2.51. The minimum Gasteiger partial charge on any atom is -0.481 e. The highest BCUT2D eigenvalue weighted by Crippen LogP contribution is 2.49. The van der Waals surface area contributed by atoms with E-state index in [9.17, 15) is 20.1 Å². The van der Waals surface area contributed by atoms with Crippen LogP contribution in [0.3, 0.4) is 0 Å². The fourth-order valence-electron chi connectivity index (χ4n) is 2.39. The minimum absolute atomic E-state index is 0.0899. The van der Waals surface area contributed by atoms with Gasteiger partial charge in [-0.25, -0.2) is 4.79 Å². The summed E-state index contributed by atoms with van der Waals surface area (Å²) in [6.45, 7) is 1.44. The van der Waals surface area contributed by atoms with E-state index in [1.54, 1.807) is 0 Å². The molecule has 2 unspecified atom stereocenters. The summed E-state index contributed by atoms with van der Waals surface area (Å²) in [6.07, 6.45) is 1.27. The molecule has 2 rings (SSSR count). The predicted octanol–water partition coefficient (Wildman–Crippen LogP) is 0.119. The van der Waals surface area contributed by atoms with E-state index >= 15 is 0 Å². The van der Waals surface area contributed by atoms with E-state index in [-0.39, 0.29) is 24.0 Å². The number of aliphatic hydroxyl groups excluding tert-OH is 1. The molecule has 17 heavy (non-hydrogen) atoms. The van der Waals surface area contributed by atoms with E-state index in [0.717, 1.165) is 6.26 Å². The molecule has 0 spiro atoms. The largest absolute Gasteiger partial charge is 0.481 e. The Morgan fingerprint density at radius 1 is 1.47 bits per heavy atom. The molecule has 0 amide bonds. The van der Waals surface area contributed by atoms with Crippen molar-refractivity contribution in [3.63, 3.8) is 0 Å². The van der Waals surface area contributed by atoms with Gasteiger partial charge in [-0.15, -0.1) is 0 Å². The molecule has 2 aliphatic rings. The molecular formula is C11H14O6. The van der Waals surface area contributed by atoms with Crippen LogP contribution in [0.25, 0.3) is 0 Å². The molecule has 1 aliphatic carbocycles. The number of esters is 1. The maximum atomic E-state index is 11.5. The second kappa shape index (κ2) is 3.48. The fourth-order valence-corrected chi connectivity index (χ4v) is 2.39. The first-order chi connectivity index (χ1) is 7.83. The molecule has 0 radical (unpaired) electrons. The van der Waals surface area contributed by atoms with Crippen LogP contribution in [0.15, 0.2) is 23.4 Å². The summed E-state index contributed by atoms with van der Waals surface area (Å²) in [6, 6.07) is 0. The number of aliphatic hydroxyl groups is 3. The van der Waals surface area contributed by atoms with Crippen molar-refractivity contribution in [3.05, 3.63) is 23.4 Å².